The summed E-state index contributed by atoms with van der Waals surface area (Å²) in [5, 5.41) is 6.79. The van der Waals surface area contributed by atoms with Crippen molar-refractivity contribution in [2.24, 2.45) is 5.11 Å². The van der Waals surface area contributed by atoms with Crippen LogP contribution in [0.25, 0.3) is 0 Å². The Morgan fingerprint density at radius 1 is 1.12 bits per heavy atom. The molecule has 0 heterocycles. The zero-order valence-corrected chi connectivity index (χ0v) is 10.9. The maximum absolute atomic E-state index is 6.86. The summed E-state index contributed by atoms with van der Waals surface area (Å²) in [5.74, 6) is 0. The maximum Gasteiger partial charge on any atom is 0.0493 e. The Hall–Kier alpha value is -0.700. The van der Waals surface area contributed by atoms with Gasteiger partial charge in [0.1, 0.15) is 0 Å². The number of unbranched alkanes of at least 4 members (excludes halogenated alkanes) is 4. The van der Waals surface area contributed by atoms with Crippen LogP contribution in [0.4, 0.5) is 0 Å². The second-order valence-corrected chi connectivity index (χ2v) is 4.26. The van der Waals surface area contributed by atoms with Gasteiger partial charge in [0.25, 0.3) is 0 Å². The van der Waals surface area contributed by atoms with Crippen LogP contribution >= 0.6 is 0 Å². The fourth-order valence-corrected chi connectivity index (χ4v) is 1.62. The SMILES string of the molecule is CCCCCCNCC(=CN=N)CCCC. The van der Waals surface area contributed by atoms with E-state index >= 15 is 0 Å². The molecule has 0 aromatic heterocycles. The Morgan fingerprint density at radius 3 is 2.50 bits per heavy atom. The van der Waals surface area contributed by atoms with Gasteiger partial charge in [-0.1, -0.05) is 39.5 Å². The van der Waals surface area contributed by atoms with E-state index in [0.29, 0.717) is 0 Å². The van der Waals surface area contributed by atoms with Crippen molar-refractivity contribution in [1.29, 1.82) is 5.53 Å². The van der Waals surface area contributed by atoms with Gasteiger partial charge in [-0.2, -0.15) is 5.11 Å². The highest BCUT2D eigenvalue weighted by Gasteiger charge is 1.96. The van der Waals surface area contributed by atoms with Crippen molar-refractivity contribution in [2.75, 3.05) is 13.1 Å². The molecule has 0 aliphatic carbocycles. The Bertz CT molecular complexity index is 188. The molecule has 0 saturated heterocycles. The van der Waals surface area contributed by atoms with Crippen LogP contribution in [0.15, 0.2) is 16.9 Å². The molecule has 0 bridgehead atoms. The molecular formula is C13H27N3. The molecule has 2 N–H and O–H groups in total. The molecule has 0 aromatic carbocycles. The van der Waals surface area contributed by atoms with E-state index in [9.17, 15) is 0 Å². The lowest BCUT2D eigenvalue weighted by atomic mass is 10.1. The highest BCUT2D eigenvalue weighted by atomic mass is 14.9. The van der Waals surface area contributed by atoms with Crippen LogP contribution < -0.4 is 5.32 Å². The van der Waals surface area contributed by atoms with Crippen molar-refractivity contribution in [3.63, 3.8) is 0 Å². The fraction of sp³-hybridized carbons (Fsp3) is 0.846. The zero-order chi connectivity index (χ0) is 12.1. The summed E-state index contributed by atoms with van der Waals surface area (Å²) in [5.41, 5.74) is 8.12. The maximum atomic E-state index is 6.86. The van der Waals surface area contributed by atoms with Gasteiger partial charge in [-0.05, 0) is 31.4 Å². The molecule has 0 unspecified atom stereocenters. The monoisotopic (exact) mass is 225 g/mol. The molecule has 16 heavy (non-hydrogen) atoms. The van der Waals surface area contributed by atoms with Crippen molar-refractivity contribution < 1.29 is 0 Å². The van der Waals surface area contributed by atoms with E-state index in [-0.39, 0.29) is 0 Å². The number of hydrogen-bond donors (Lipinski definition) is 2. The number of hydrogen-bond acceptors (Lipinski definition) is 3. The van der Waals surface area contributed by atoms with Crippen LogP contribution in [-0.2, 0) is 0 Å². The van der Waals surface area contributed by atoms with Gasteiger partial charge in [-0.15, -0.1) is 0 Å². The second kappa shape index (κ2) is 12.4. The average molecular weight is 225 g/mol. The van der Waals surface area contributed by atoms with Gasteiger partial charge >= 0.3 is 0 Å². The van der Waals surface area contributed by atoms with E-state index in [1.807, 2.05) is 0 Å². The summed E-state index contributed by atoms with van der Waals surface area (Å²) in [4.78, 5) is 0. The summed E-state index contributed by atoms with van der Waals surface area (Å²) in [6.45, 7) is 6.40. The predicted octanol–water partition coefficient (Wildman–Crippen LogP) is 4.26. The number of nitrogens with one attached hydrogen (secondary N) is 2. The Kier molecular flexibility index (Phi) is 11.8. The van der Waals surface area contributed by atoms with E-state index in [2.05, 4.69) is 24.3 Å². The molecule has 0 fully saturated rings. The lowest BCUT2D eigenvalue weighted by molar-refractivity contribution is 0.607. The molecular weight excluding hydrogens is 198 g/mol. The topological polar surface area (TPSA) is 48.2 Å². The van der Waals surface area contributed by atoms with Crippen LogP contribution in [-0.4, -0.2) is 13.1 Å². The van der Waals surface area contributed by atoms with Crippen molar-refractivity contribution in [1.82, 2.24) is 5.32 Å². The first kappa shape index (κ1) is 15.3. The second-order valence-electron chi connectivity index (χ2n) is 4.26. The third-order valence-corrected chi connectivity index (χ3v) is 2.66. The van der Waals surface area contributed by atoms with Crippen LogP contribution in [0.1, 0.15) is 58.8 Å². The first-order valence-corrected chi connectivity index (χ1v) is 6.60. The fourth-order valence-electron chi connectivity index (χ4n) is 1.62. The predicted molar refractivity (Wildman–Crippen MR) is 69.8 cm³/mol. The van der Waals surface area contributed by atoms with Crippen molar-refractivity contribution in [3.8, 4) is 0 Å². The van der Waals surface area contributed by atoms with E-state index in [4.69, 9.17) is 5.53 Å². The van der Waals surface area contributed by atoms with E-state index in [1.54, 1.807) is 6.20 Å². The van der Waals surface area contributed by atoms with Gasteiger partial charge < -0.3 is 5.32 Å². The molecule has 0 atom stereocenters. The normalized spacial score (nSPS) is 11.8. The average Bonchev–Trinajstić information content (AvgIpc) is 2.30. The minimum Gasteiger partial charge on any atom is -0.313 e. The molecule has 0 rings (SSSR count). The largest absolute Gasteiger partial charge is 0.313 e. The van der Waals surface area contributed by atoms with Crippen molar-refractivity contribution >= 4 is 0 Å². The molecule has 0 spiro atoms. The molecule has 0 amide bonds. The quantitative estimate of drug-likeness (QED) is 0.400. The van der Waals surface area contributed by atoms with Gasteiger partial charge in [-0.25, -0.2) is 5.53 Å². The number of nitrogens with zero attached hydrogens (tertiary/aromatic N) is 1. The Labute approximate surface area is 100 Å². The molecule has 0 saturated carbocycles. The first-order chi connectivity index (χ1) is 7.85. The highest BCUT2D eigenvalue weighted by molar-refractivity contribution is 5.02. The Morgan fingerprint density at radius 2 is 1.88 bits per heavy atom. The van der Waals surface area contributed by atoms with Crippen LogP contribution in [0.3, 0.4) is 0 Å². The molecule has 0 aliphatic rings. The molecule has 0 radical (unpaired) electrons. The summed E-state index contributed by atoms with van der Waals surface area (Å²) < 4.78 is 0. The first-order valence-electron chi connectivity index (χ1n) is 6.60. The highest BCUT2D eigenvalue weighted by Crippen LogP contribution is 2.06. The van der Waals surface area contributed by atoms with Crippen LogP contribution in [0.2, 0.25) is 0 Å². The molecule has 94 valence electrons. The van der Waals surface area contributed by atoms with Gasteiger partial charge in [-0.3, -0.25) is 0 Å². The third kappa shape index (κ3) is 9.84. The summed E-state index contributed by atoms with van der Waals surface area (Å²) in [6.07, 6.45) is 10.4. The van der Waals surface area contributed by atoms with E-state index in [0.717, 1.165) is 19.5 Å². The van der Waals surface area contributed by atoms with Gasteiger partial charge in [0.15, 0.2) is 0 Å². The minimum atomic E-state index is 0.897. The Balaban J connectivity index is 3.52. The third-order valence-electron chi connectivity index (χ3n) is 2.66. The van der Waals surface area contributed by atoms with Crippen LogP contribution in [0, 0.1) is 5.53 Å². The molecule has 3 heteroatoms. The smallest absolute Gasteiger partial charge is 0.0493 e. The van der Waals surface area contributed by atoms with Crippen molar-refractivity contribution in [3.05, 3.63) is 11.8 Å². The van der Waals surface area contributed by atoms with Crippen molar-refractivity contribution in [2.45, 2.75) is 58.8 Å². The zero-order valence-electron chi connectivity index (χ0n) is 10.9. The van der Waals surface area contributed by atoms with Gasteiger partial charge in [0, 0.05) is 12.7 Å². The number of rotatable bonds is 11. The lowest BCUT2D eigenvalue weighted by Gasteiger charge is -2.07. The summed E-state index contributed by atoms with van der Waals surface area (Å²) in [7, 11) is 0. The standard InChI is InChI=1S/C13H27N3/c1-3-5-7-8-10-15-11-13(12-16-14)9-6-4-2/h12,14-15H,3-11H2,1-2H3. The molecule has 0 aromatic rings. The minimum absolute atomic E-state index is 0.897. The molecule has 3 nitrogen and oxygen atoms in total. The summed E-state index contributed by atoms with van der Waals surface area (Å²) >= 11 is 0. The van der Waals surface area contributed by atoms with Gasteiger partial charge in [0.05, 0.1) is 0 Å². The van der Waals surface area contributed by atoms with Crippen LogP contribution in [0.5, 0.6) is 0 Å². The van der Waals surface area contributed by atoms with Gasteiger partial charge in [0.2, 0.25) is 0 Å². The molecule has 0 aliphatic heterocycles. The summed E-state index contributed by atoms with van der Waals surface area (Å²) in [6, 6.07) is 0. The lowest BCUT2D eigenvalue weighted by Crippen LogP contribution is -2.18. The van der Waals surface area contributed by atoms with E-state index < -0.39 is 0 Å². The van der Waals surface area contributed by atoms with E-state index in [1.165, 1.54) is 44.1 Å².